The average molecular weight is 441 g/mol. The molecule has 1 aromatic carbocycles. The molecule has 5 rings (SSSR count). The Hall–Kier alpha value is -2.38. The fourth-order valence-corrected chi connectivity index (χ4v) is 5.54. The van der Waals surface area contributed by atoms with Crippen LogP contribution >= 0.6 is 0 Å². The fraction of sp³-hybridized carbons (Fsp3) is 0.600. The van der Waals surface area contributed by atoms with Gasteiger partial charge in [-0.05, 0) is 43.7 Å². The van der Waals surface area contributed by atoms with Gasteiger partial charge in [-0.1, -0.05) is 31.0 Å². The van der Waals surface area contributed by atoms with E-state index >= 15 is 0 Å². The fourth-order valence-electron chi connectivity index (χ4n) is 5.54. The zero-order valence-corrected chi connectivity index (χ0v) is 18.3. The molecule has 0 spiro atoms. The molecule has 1 heterocycles. The Morgan fingerprint density at radius 1 is 1.12 bits per heavy atom. The average Bonchev–Trinajstić information content (AvgIpc) is 3.30. The molecule has 0 bridgehead atoms. The van der Waals surface area contributed by atoms with Crippen molar-refractivity contribution in [3.63, 3.8) is 0 Å². The smallest absolute Gasteiger partial charge is 0.247 e. The molecule has 1 aromatic rings. The zero-order chi connectivity index (χ0) is 22.2. The van der Waals surface area contributed by atoms with Crippen LogP contribution in [0.15, 0.2) is 35.9 Å². The topological polar surface area (TPSA) is 99.1 Å². The SMILES string of the molecule is O=C(NCCO)C1=CC(N(CC2CC2)C(=O)C2CCCC2)C(O)C2Oc3ccccc3C12. The molecule has 0 aromatic heterocycles. The first kappa shape index (κ1) is 21.5. The Balaban J connectivity index is 1.51. The molecule has 7 heteroatoms. The first-order valence-corrected chi connectivity index (χ1v) is 11.9. The summed E-state index contributed by atoms with van der Waals surface area (Å²) in [6.45, 7) is 0.611. The van der Waals surface area contributed by atoms with Crippen molar-refractivity contribution in [2.45, 2.75) is 62.7 Å². The lowest BCUT2D eigenvalue weighted by Crippen LogP contribution is -2.57. The number of ether oxygens (including phenoxy) is 1. The van der Waals surface area contributed by atoms with Gasteiger partial charge in [0.25, 0.3) is 0 Å². The quantitative estimate of drug-likeness (QED) is 0.600. The van der Waals surface area contributed by atoms with Crippen molar-refractivity contribution in [3.05, 3.63) is 41.5 Å². The number of aliphatic hydroxyl groups is 2. The predicted molar refractivity (Wildman–Crippen MR) is 118 cm³/mol. The van der Waals surface area contributed by atoms with Gasteiger partial charge < -0.3 is 25.2 Å². The van der Waals surface area contributed by atoms with Crippen LogP contribution in [-0.2, 0) is 9.59 Å². The van der Waals surface area contributed by atoms with E-state index in [2.05, 4.69) is 5.32 Å². The van der Waals surface area contributed by atoms with Crippen LogP contribution < -0.4 is 10.1 Å². The van der Waals surface area contributed by atoms with Crippen LogP contribution in [0, 0.1) is 11.8 Å². The third-order valence-electron chi connectivity index (χ3n) is 7.38. The van der Waals surface area contributed by atoms with E-state index in [9.17, 15) is 19.8 Å². The summed E-state index contributed by atoms with van der Waals surface area (Å²) < 4.78 is 6.16. The number of hydrogen-bond acceptors (Lipinski definition) is 5. The summed E-state index contributed by atoms with van der Waals surface area (Å²) in [5.74, 6) is 0.539. The van der Waals surface area contributed by atoms with Gasteiger partial charge in [0.05, 0.1) is 18.6 Å². The molecule has 2 saturated carbocycles. The number of nitrogens with one attached hydrogen (secondary N) is 1. The normalized spacial score (nSPS) is 29.0. The number of para-hydroxylation sites is 1. The number of benzene rings is 1. The molecule has 3 N–H and O–H groups in total. The summed E-state index contributed by atoms with van der Waals surface area (Å²) in [7, 11) is 0. The number of hydrogen-bond donors (Lipinski definition) is 3. The van der Waals surface area contributed by atoms with Gasteiger partial charge >= 0.3 is 0 Å². The lowest BCUT2D eigenvalue weighted by atomic mass is 9.77. The van der Waals surface area contributed by atoms with Gasteiger partial charge in [0.15, 0.2) is 0 Å². The molecule has 2 amide bonds. The second-order valence-corrected chi connectivity index (χ2v) is 9.60. The molecule has 172 valence electrons. The minimum absolute atomic E-state index is 0.000401. The molecule has 0 radical (unpaired) electrons. The number of nitrogens with zero attached hydrogens (tertiary/aromatic N) is 1. The highest BCUT2D eigenvalue weighted by Crippen LogP contribution is 2.47. The number of amides is 2. The second-order valence-electron chi connectivity index (χ2n) is 9.60. The van der Waals surface area contributed by atoms with Crippen LogP contribution in [0.4, 0.5) is 0 Å². The van der Waals surface area contributed by atoms with E-state index in [1.165, 1.54) is 0 Å². The van der Waals surface area contributed by atoms with E-state index in [0.29, 0.717) is 23.8 Å². The zero-order valence-electron chi connectivity index (χ0n) is 18.3. The van der Waals surface area contributed by atoms with Crippen LogP contribution in [0.2, 0.25) is 0 Å². The third kappa shape index (κ3) is 3.92. The van der Waals surface area contributed by atoms with Crippen molar-refractivity contribution in [3.8, 4) is 5.75 Å². The van der Waals surface area contributed by atoms with Gasteiger partial charge in [0.1, 0.15) is 18.0 Å². The molecule has 7 nitrogen and oxygen atoms in total. The Bertz CT molecular complexity index is 905. The van der Waals surface area contributed by atoms with E-state index in [1.807, 2.05) is 29.2 Å². The minimum Gasteiger partial charge on any atom is -0.486 e. The molecule has 4 atom stereocenters. The highest BCUT2D eigenvalue weighted by Gasteiger charge is 2.51. The Kier molecular flexibility index (Phi) is 5.95. The first-order valence-electron chi connectivity index (χ1n) is 11.9. The standard InChI is InChI=1S/C25H32N2O5/c28-12-11-26-24(30)18-13-19(22(29)23-21(18)17-7-3-4-8-20(17)32-23)27(14-15-9-10-15)25(31)16-5-1-2-6-16/h3-4,7-8,13,15-16,19,21-23,28-29H,1-2,5-6,9-12,14H2,(H,26,30). The summed E-state index contributed by atoms with van der Waals surface area (Å²) in [4.78, 5) is 28.5. The predicted octanol–water partition coefficient (Wildman–Crippen LogP) is 1.74. The highest BCUT2D eigenvalue weighted by atomic mass is 16.5. The summed E-state index contributed by atoms with van der Waals surface area (Å²) >= 11 is 0. The first-order chi connectivity index (χ1) is 15.6. The van der Waals surface area contributed by atoms with Gasteiger partial charge in [-0.3, -0.25) is 9.59 Å². The van der Waals surface area contributed by atoms with Crippen molar-refractivity contribution < 1.29 is 24.5 Å². The van der Waals surface area contributed by atoms with Gasteiger partial charge in [0, 0.05) is 30.1 Å². The lowest BCUT2D eigenvalue weighted by molar-refractivity contribution is -0.141. The van der Waals surface area contributed by atoms with Gasteiger partial charge in [0.2, 0.25) is 11.8 Å². The summed E-state index contributed by atoms with van der Waals surface area (Å²) in [6.07, 6.45) is 6.34. The van der Waals surface area contributed by atoms with Crippen molar-refractivity contribution in [2.24, 2.45) is 11.8 Å². The summed E-state index contributed by atoms with van der Waals surface area (Å²) in [5, 5.41) is 23.4. The summed E-state index contributed by atoms with van der Waals surface area (Å²) in [5.41, 5.74) is 1.37. The van der Waals surface area contributed by atoms with Crippen LogP contribution in [0.3, 0.4) is 0 Å². The van der Waals surface area contributed by atoms with E-state index < -0.39 is 24.2 Å². The maximum Gasteiger partial charge on any atom is 0.247 e. The Labute approximate surface area is 188 Å². The highest BCUT2D eigenvalue weighted by molar-refractivity contribution is 5.96. The number of carbonyl (C=O) groups is 2. The van der Waals surface area contributed by atoms with Crippen molar-refractivity contribution in [1.29, 1.82) is 0 Å². The monoisotopic (exact) mass is 440 g/mol. The molecular weight excluding hydrogens is 408 g/mol. The second kappa shape index (κ2) is 8.87. The van der Waals surface area contributed by atoms with E-state index in [-0.39, 0.29) is 30.9 Å². The molecule has 0 saturated heterocycles. The van der Waals surface area contributed by atoms with Gasteiger partial charge in [-0.25, -0.2) is 0 Å². The van der Waals surface area contributed by atoms with Gasteiger partial charge in [-0.15, -0.1) is 0 Å². The van der Waals surface area contributed by atoms with Crippen LogP contribution in [0.1, 0.15) is 50.0 Å². The maximum atomic E-state index is 13.5. The third-order valence-corrected chi connectivity index (χ3v) is 7.38. The van der Waals surface area contributed by atoms with Crippen molar-refractivity contribution in [1.82, 2.24) is 10.2 Å². The number of fused-ring (bicyclic) bond motifs is 3. The lowest BCUT2D eigenvalue weighted by Gasteiger charge is -2.41. The molecule has 4 unspecified atom stereocenters. The van der Waals surface area contributed by atoms with Crippen molar-refractivity contribution >= 4 is 11.8 Å². The molecule has 32 heavy (non-hydrogen) atoms. The van der Waals surface area contributed by atoms with Crippen LogP contribution in [0.5, 0.6) is 5.75 Å². The molecule has 2 fully saturated rings. The van der Waals surface area contributed by atoms with E-state index in [0.717, 1.165) is 44.1 Å². The van der Waals surface area contributed by atoms with Crippen LogP contribution in [0.25, 0.3) is 0 Å². The van der Waals surface area contributed by atoms with E-state index in [4.69, 9.17) is 4.74 Å². The molecule has 3 aliphatic carbocycles. The van der Waals surface area contributed by atoms with Crippen LogP contribution in [-0.4, -0.2) is 64.9 Å². The number of aliphatic hydroxyl groups excluding tert-OH is 2. The number of rotatable bonds is 7. The van der Waals surface area contributed by atoms with E-state index in [1.54, 1.807) is 6.08 Å². The Morgan fingerprint density at radius 2 is 1.88 bits per heavy atom. The van der Waals surface area contributed by atoms with Gasteiger partial charge in [-0.2, -0.15) is 0 Å². The molecule has 4 aliphatic rings. The minimum atomic E-state index is -0.925. The molecular formula is C25H32N2O5. The molecule has 1 aliphatic heterocycles. The van der Waals surface area contributed by atoms with Crippen molar-refractivity contribution in [2.75, 3.05) is 19.7 Å². The largest absolute Gasteiger partial charge is 0.486 e. The Morgan fingerprint density at radius 3 is 2.59 bits per heavy atom. The number of carbonyl (C=O) groups excluding carboxylic acids is 2. The summed E-state index contributed by atoms with van der Waals surface area (Å²) in [6, 6.07) is 6.94. The maximum absolute atomic E-state index is 13.5.